The molecule has 1 heterocycles. The summed E-state index contributed by atoms with van der Waals surface area (Å²) in [5.74, 6) is -1.60. The molecule has 0 spiro atoms. The molecule has 0 bridgehead atoms. The van der Waals surface area contributed by atoms with Crippen LogP contribution in [-0.4, -0.2) is 43.6 Å². The van der Waals surface area contributed by atoms with Gasteiger partial charge in [0.05, 0.1) is 26.0 Å². The number of ether oxygens (including phenoxy) is 2. The van der Waals surface area contributed by atoms with Gasteiger partial charge in [0, 0.05) is 13.0 Å². The number of hydrazine groups is 1. The molecule has 1 saturated heterocycles. The molecule has 0 N–H and O–H groups in total. The molecular weight excluding hydrogens is 288 g/mol. The lowest BCUT2D eigenvalue weighted by molar-refractivity contribution is -0.140. The first kappa shape index (κ1) is 15.6. The molecule has 0 aliphatic carbocycles. The van der Waals surface area contributed by atoms with Crippen LogP contribution in [0.3, 0.4) is 0 Å². The number of esters is 2. The number of nitrogens with zero attached hydrogens (tertiary/aromatic N) is 2. The maximum atomic E-state index is 12.1. The van der Waals surface area contributed by atoms with Crippen molar-refractivity contribution in [1.82, 2.24) is 5.01 Å². The van der Waals surface area contributed by atoms with Crippen molar-refractivity contribution in [3.05, 3.63) is 42.1 Å². The normalized spacial score (nSPS) is 15.0. The van der Waals surface area contributed by atoms with Crippen molar-refractivity contribution < 1.29 is 23.9 Å². The zero-order valence-electron chi connectivity index (χ0n) is 12.3. The Morgan fingerprint density at radius 3 is 2.41 bits per heavy atom. The van der Waals surface area contributed by atoms with Gasteiger partial charge in [-0.15, -0.1) is 0 Å². The molecule has 22 heavy (non-hydrogen) atoms. The van der Waals surface area contributed by atoms with E-state index in [0.29, 0.717) is 5.69 Å². The summed E-state index contributed by atoms with van der Waals surface area (Å²) < 4.78 is 9.24. The second-order valence-corrected chi connectivity index (χ2v) is 4.46. The molecule has 1 aromatic carbocycles. The van der Waals surface area contributed by atoms with Gasteiger partial charge in [0.2, 0.25) is 5.91 Å². The van der Waals surface area contributed by atoms with Gasteiger partial charge >= 0.3 is 11.9 Å². The topological polar surface area (TPSA) is 76.2 Å². The third-order valence-electron chi connectivity index (χ3n) is 3.14. The van der Waals surface area contributed by atoms with Gasteiger partial charge in [-0.3, -0.25) is 9.80 Å². The average molecular weight is 304 g/mol. The molecule has 0 atom stereocenters. The first-order chi connectivity index (χ1) is 10.6. The van der Waals surface area contributed by atoms with Gasteiger partial charge in [-0.2, -0.15) is 0 Å². The van der Waals surface area contributed by atoms with Crippen LogP contribution in [0.2, 0.25) is 0 Å². The number of benzene rings is 1. The van der Waals surface area contributed by atoms with Gasteiger partial charge < -0.3 is 9.47 Å². The molecule has 116 valence electrons. The minimum Gasteiger partial charge on any atom is -0.466 e. The van der Waals surface area contributed by atoms with E-state index in [0.717, 1.165) is 6.08 Å². The van der Waals surface area contributed by atoms with Crippen LogP contribution in [0, 0.1) is 0 Å². The largest absolute Gasteiger partial charge is 0.466 e. The van der Waals surface area contributed by atoms with Gasteiger partial charge in [0.1, 0.15) is 0 Å². The summed E-state index contributed by atoms with van der Waals surface area (Å²) in [6, 6.07) is 8.86. The highest BCUT2D eigenvalue weighted by Crippen LogP contribution is 2.26. The van der Waals surface area contributed by atoms with Crippen molar-refractivity contribution in [3.63, 3.8) is 0 Å². The molecule has 7 nitrogen and oxygen atoms in total. The van der Waals surface area contributed by atoms with E-state index in [-0.39, 0.29) is 24.6 Å². The van der Waals surface area contributed by atoms with E-state index < -0.39 is 11.9 Å². The van der Waals surface area contributed by atoms with Crippen molar-refractivity contribution in [2.24, 2.45) is 0 Å². The number of hydrogen-bond donors (Lipinski definition) is 0. The van der Waals surface area contributed by atoms with Gasteiger partial charge in [0.25, 0.3) is 0 Å². The predicted octanol–water partition coefficient (Wildman–Crippen LogP) is 0.870. The second-order valence-electron chi connectivity index (χ2n) is 4.46. The van der Waals surface area contributed by atoms with Crippen LogP contribution in [0.1, 0.15) is 6.42 Å². The van der Waals surface area contributed by atoms with E-state index in [1.165, 1.54) is 24.2 Å². The third kappa shape index (κ3) is 3.08. The molecule has 2 rings (SSSR count). The fraction of sp³-hybridized carbons (Fsp3) is 0.267. The Hall–Kier alpha value is -2.83. The number of rotatable bonds is 4. The third-order valence-corrected chi connectivity index (χ3v) is 3.14. The Labute approximate surface area is 127 Å². The summed E-state index contributed by atoms with van der Waals surface area (Å²) in [6.07, 6.45) is 1.24. The maximum Gasteiger partial charge on any atom is 0.356 e. The van der Waals surface area contributed by atoms with Crippen LogP contribution in [-0.2, 0) is 23.9 Å². The minimum atomic E-state index is -0.721. The van der Waals surface area contributed by atoms with E-state index in [1.807, 2.05) is 6.07 Å². The first-order valence-electron chi connectivity index (χ1n) is 6.62. The van der Waals surface area contributed by atoms with Crippen LogP contribution in [0.5, 0.6) is 0 Å². The fourth-order valence-corrected chi connectivity index (χ4v) is 2.14. The number of para-hydroxylation sites is 1. The zero-order chi connectivity index (χ0) is 16.1. The number of carbonyl (C=O) groups excluding carboxylic acids is 3. The molecule has 7 heteroatoms. The number of hydrogen-bond acceptors (Lipinski definition) is 6. The molecular formula is C15H16N2O5. The van der Waals surface area contributed by atoms with Gasteiger partial charge in [-0.05, 0) is 12.1 Å². The Morgan fingerprint density at radius 1 is 1.14 bits per heavy atom. The monoisotopic (exact) mass is 304 g/mol. The highest BCUT2D eigenvalue weighted by molar-refractivity contribution is 6.00. The van der Waals surface area contributed by atoms with E-state index in [4.69, 9.17) is 4.74 Å². The minimum absolute atomic E-state index is 0.0518. The van der Waals surface area contributed by atoms with E-state index in [9.17, 15) is 14.4 Å². The molecule has 1 aliphatic heterocycles. The molecule has 0 aromatic heterocycles. The molecule has 1 aliphatic rings. The van der Waals surface area contributed by atoms with E-state index in [2.05, 4.69) is 4.74 Å². The molecule has 1 fully saturated rings. The van der Waals surface area contributed by atoms with Crippen LogP contribution in [0.15, 0.2) is 42.1 Å². The number of anilines is 1. The van der Waals surface area contributed by atoms with E-state index in [1.54, 1.807) is 24.3 Å². The lowest BCUT2D eigenvalue weighted by Crippen LogP contribution is -2.41. The summed E-state index contributed by atoms with van der Waals surface area (Å²) in [5, 5.41) is 2.77. The molecule has 0 unspecified atom stereocenters. The molecule has 1 aromatic rings. The lowest BCUT2D eigenvalue weighted by atomic mass is 10.3. The quantitative estimate of drug-likeness (QED) is 0.607. The maximum absolute atomic E-state index is 12.1. The Balaban J connectivity index is 2.41. The lowest BCUT2D eigenvalue weighted by Gasteiger charge is -2.30. The van der Waals surface area contributed by atoms with Crippen molar-refractivity contribution in [2.75, 3.05) is 25.8 Å². The summed E-state index contributed by atoms with van der Waals surface area (Å²) in [7, 11) is 2.41. The fourth-order valence-electron chi connectivity index (χ4n) is 2.14. The van der Waals surface area contributed by atoms with Crippen molar-refractivity contribution in [2.45, 2.75) is 6.42 Å². The average Bonchev–Trinajstić information content (AvgIpc) is 2.93. The Morgan fingerprint density at radius 2 is 1.82 bits per heavy atom. The molecule has 1 amide bonds. The first-order valence-corrected chi connectivity index (χ1v) is 6.62. The SMILES string of the molecule is COC(=O)/C=C(\C(=O)OC)N1CCC(=O)N1c1ccccc1. The van der Waals surface area contributed by atoms with Gasteiger partial charge in [0.15, 0.2) is 5.70 Å². The van der Waals surface area contributed by atoms with Crippen molar-refractivity contribution in [3.8, 4) is 0 Å². The highest BCUT2D eigenvalue weighted by Gasteiger charge is 2.35. The predicted molar refractivity (Wildman–Crippen MR) is 77.4 cm³/mol. The van der Waals surface area contributed by atoms with Crippen LogP contribution in [0.4, 0.5) is 5.69 Å². The van der Waals surface area contributed by atoms with Gasteiger partial charge in [-0.25, -0.2) is 14.6 Å². The standard InChI is InChI=1S/C15H16N2O5/c1-21-14(19)10-12(15(20)22-2)16-9-8-13(18)17(16)11-6-4-3-5-7-11/h3-7,10H,8-9H2,1-2H3/b12-10+. The second kappa shape index (κ2) is 6.75. The summed E-state index contributed by atoms with van der Waals surface area (Å²) in [6.45, 7) is 0.269. The smallest absolute Gasteiger partial charge is 0.356 e. The van der Waals surface area contributed by atoms with Gasteiger partial charge in [-0.1, -0.05) is 18.2 Å². The van der Waals surface area contributed by atoms with Crippen LogP contribution in [0.25, 0.3) is 0 Å². The van der Waals surface area contributed by atoms with Crippen molar-refractivity contribution in [1.29, 1.82) is 0 Å². The van der Waals surface area contributed by atoms with E-state index >= 15 is 0 Å². The summed E-state index contributed by atoms with van der Waals surface area (Å²) in [5.41, 5.74) is 0.550. The Bertz CT molecular complexity index is 612. The van der Waals surface area contributed by atoms with Crippen LogP contribution >= 0.6 is 0 Å². The summed E-state index contributed by atoms with van der Waals surface area (Å²) >= 11 is 0. The zero-order valence-corrected chi connectivity index (χ0v) is 12.3. The highest BCUT2D eigenvalue weighted by atomic mass is 16.5. The summed E-state index contributed by atoms with van der Waals surface area (Å²) in [4.78, 5) is 35.6. The van der Waals surface area contributed by atoms with Crippen LogP contribution < -0.4 is 5.01 Å². The molecule has 0 saturated carbocycles. The van der Waals surface area contributed by atoms with Crippen molar-refractivity contribution >= 4 is 23.5 Å². The number of methoxy groups -OCH3 is 2. The number of carbonyl (C=O) groups is 3. The number of amides is 1. The molecule has 0 radical (unpaired) electrons. The Kier molecular flexibility index (Phi) is 4.77.